The topological polar surface area (TPSA) is 85.8 Å². The molecule has 0 radical (unpaired) electrons. The number of pyridine rings is 2. The van der Waals surface area contributed by atoms with Gasteiger partial charge in [0.25, 0.3) is 0 Å². The monoisotopic (exact) mass is 604 g/mol. The second-order valence-corrected chi connectivity index (χ2v) is 13.8. The molecule has 1 atom stereocenters. The first kappa shape index (κ1) is 33.2. The average molecular weight is 605 g/mol. The highest BCUT2D eigenvalue weighted by molar-refractivity contribution is 5.86. The largest absolute Gasteiger partial charge is 0.492 e. The molecule has 8 nitrogen and oxygen atoms in total. The number of piperidine rings is 1. The van der Waals surface area contributed by atoms with Crippen molar-refractivity contribution < 1.29 is 20.4 Å². The molecule has 1 aromatic carbocycles. The quantitative estimate of drug-likeness (QED) is 0.174. The van der Waals surface area contributed by atoms with Crippen LogP contribution in [0, 0.1) is 19.3 Å². The predicted molar refractivity (Wildman–Crippen MR) is 180 cm³/mol. The Morgan fingerprint density at radius 1 is 1.02 bits per heavy atom. The number of hydrogen-bond acceptors (Lipinski definition) is 8. The van der Waals surface area contributed by atoms with Gasteiger partial charge in [-0.3, -0.25) is 9.97 Å². The van der Waals surface area contributed by atoms with Crippen LogP contribution in [0.1, 0.15) is 85.7 Å². The van der Waals surface area contributed by atoms with E-state index in [9.17, 15) is 4.79 Å². The van der Waals surface area contributed by atoms with Gasteiger partial charge in [-0.25, -0.2) is 4.79 Å². The van der Waals surface area contributed by atoms with Crippen molar-refractivity contribution in [3.8, 4) is 17.0 Å². The molecule has 0 spiro atoms. The molecule has 3 heterocycles. The van der Waals surface area contributed by atoms with Gasteiger partial charge in [-0.2, -0.15) is 0 Å². The summed E-state index contributed by atoms with van der Waals surface area (Å²) in [6, 6.07) is 12.1. The van der Waals surface area contributed by atoms with E-state index in [1.165, 1.54) is 5.56 Å². The van der Waals surface area contributed by atoms with E-state index < -0.39 is 17.7 Å². The van der Waals surface area contributed by atoms with Gasteiger partial charge in [0.2, 0.25) is 0 Å². The number of esters is 1. The van der Waals surface area contributed by atoms with E-state index in [0.717, 1.165) is 65.6 Å². The van der Waals surface area contributed by atoms with E-state index in [1.54, 1.807) is 0 Å². The number of anilines is 2. The lowest BCUT2D eigenvalue weighted by Crippen LogP contribution is -2.39. The van der Waals surface area contributed by atoms with Crippen molar-refractivity contribution in [3.63, 3.8) is 0 Å². The minimum Gasteiger partial charge on any atom is -0.492 e. The number of nitrogens with one attached hydrogen (secondary N) is 1. The van der Waals surface area contributed by atoms with Crippen LogP contribution in [0.3, 0.4) is 0 Å². The summed E-state index contributed by atoms with van der Waals surface area (Å²) in [6.45, 7) is 21.1. The molecule has 1 aliphatic rings. The number of benzene rings is 1. The van der Waals surface area contributed by atoms with Crippen LogP contribution in [0.2, 0.25) is 0 Å². The van der Waals surface area contributed by atoms with Crippen LogP contribution in [0.4, 0.5) is 11.4 Å². The fourth-order valence-electron chi connectivity index (χ4n) is 5.32. The Kier molecular flexibility index (Phi) is 10.6. The van der Waals surface area contributed by atoms with E-state index in [2.05, 4.69) is 31.0 Å². The third-order valence-electron chi connectivity index (χ3n) is 7.78. The molecule has 1 saturated heterocycles. The maximum Gasteiger partial charge on any atom is 0.340 e. The van der Waals surface area contributed by atoms with Crippen molar-refractivity contribution in [2.75, 3.05) is 36.5 Å². The second kappa shape index (κ2) is 14.0. The van der Waals surface area contributed by atoms with Gasteiger partial charge >= 0.3 is 5.97 Å². The molecule has 4 rings (SSSR count). The number of carbonyl (C=O) groups excluding carboxylic acids is 1. The van der Waals surface area contributed by atoms with Crippen LogP contribution in [0.15, 0.2) is 48.8 Å². The van der Waals surface area contributed by atoms with E-state index in [4.69, 9.17) is 24.2 Å². The average Bonchev–Trinajstić information content (AvgIpc) is 2.95. The number of rotatable bonds is 11. The number of carbonyl (C=O) groups is 1. The summed E-state index contributed by atoms with van der Waals surface area (Å²) in [6.07, 6.45) is 4.59. The Hall–Kier alpha value is -3.65. The molecule has 0 unspecified atom stereocenters. The van der Waals surface area contributed by atoms with Gasteiger partial charge in [-0.1, -0.05) is 31.5 Å². The standard InChI is InChI=1S/C36H50N4O4.H2/c1-24(2)43-34(41)33(44-35(5,6)7)31-26(4)38-23-29(32(31)40-19-16-36(8,9)17-20-40)30-15-12-27(22-39-30)37-18-21-42-28-13-10-25(3)11-14-28;/h10-15,22-24,33,37H,16-21H2,1-9H3;1H/t33-;/m0./s1. The van der Waals surface area contributed by atoms with Crippen LogP contribution in [-0.2, 0) is 14.3 Å². The normalized spacial score (nSPS) is 15.6. The second-order valence-electron chi connectivity index (χ2n) is 13.8. The van der Waals surface area contributed by atoms with Gasteiger partial charge in [0, 0.05) is 44.1 Å². The minimum atomic E-state index is -0.927. The molecule has 44 heavy (non-hydrogen) atoms. The smallest absolute Gasteiger partial charge is 0.340 e. The van der Waals surface area contributed by atoms with Crippen LogP contribution in [0.5, 0.6) is 5.75 Å². The number of aromatic nitrogens is 2. The highest BCUT2D eigenvalue weighted by Crippen LogP contribution is 2.43. The minimum absolute atomic E-state index is 0. The van der Waals surface area contributed by atoms with Gasteiger partial charge in [0.1, 0.15) is 12.4 Å². The summed E-state index contributed by atoms with van der Waals surface area (Å²) in [7, 11) is 0. The Morgan fingerprint density at radius 3 is 2.30 bits per heavy atom. The van der Waals surface area contributed by atoms with Gasteiger partial charge in [0.15, 0.2) is 6.10 Å². The molecule has 3 aromatic rings. The van der Waals surface area contributed by atoms with Crippen molar-refractivity contribution in [2.24, 2.45) is 5.41 Å². The van der Waals surface area contributed by atoms with Gasteiger partial charge in [-0.15, -0.1) is 0 Å². The summed E-state index contributed by atoms with van der Waals surface area (Å²) in [5.74, 6) is 0.448. The summed E-state index contributed by atoms with van der Waals surface area (Å²) in [5.41, 5.74) is 5.88. The fourth-order valence-corrected chi connectivity index (χ4v) is 5.32. The van der Waals surface area contributed by atoms with Crippen LogP contribution >= 0.6 is 0 Å². The number of hydrogen-bond donors (Lipinski definition) is 1. The fraction of sp³-hybridized carbons (Fsp3) is 0.528. The molecule has 8 heteroatoms. The molecular weight excluding hydrogens is 552 g/mol. The molecule has 0 amide bonds. The van der Waals surface area contributed by atoms with Crippen molar-refractivity contribution in [2.45, 2.75) is 93.0 Å². The molecule has 1 N–H and O–H groups in total. The maximum atomic E-state index is 13.6. The Bertz CT molecular complexity index is 1390. The number of nitrogens with zero attached hydrogens (tertiary/aromatic N) is 3. The first-order valence-electron chi connectivity index (χ1n) is 15.7. The molecule has 1 aliphatic heterocycles. The molecular formula is C36H52N4O4. The highest BCUT2D eigenvalue weighted by Gasteiger charge is 2.37. The Labute approximate surface area is 265 Å². The van der Waals surface area contributed by atoms with E-state index in [1.807, 2.05) is 90.3 Å². The van der Waals surface area contributed by atoms with Gasteiger partial charge < -0.3 is 24.4 Å². The van der Waals surface area contributed by atoms with Crippen LogP contribution in [-0.4, -0.2) is 53.9 Å². The summed E-state index contributed by atoms with van der Waals surface area (Å²) < 4.78 is 18.1. The molecule has 0 bridgehead atoms. The molecule has 1 fully saturated rings. The zero-order valence-corrected chi connectivity index (χ0v) is 28.0. The van der Waals surface area contributed by atoms with Crippen molar-refractivity contribution in [3.05, 3.63) is 65.6 Å². The lowest BCUT2D eigenvalue weighted by Gasteiger charge is -2.41. The van der Waals surface area contributed by atoms with Gasteiger partial charge in [-0.05, 0) is 91.0 Å². The maximum absolute atomic E-state index is 13.6. The molecule has 0 aliphatic carbocycles. The Morgan fingerprint density at radius 2 is 1.70 bits per heavy atom. The third-order valence-corrected chi connectivity index (χ3v) is 7.78. The van der Waals surface area contributed by atoms with Crippen LogP contribution < -0.4 is 15.0 Å². The predicted octanol–water partition coefficient (Wildman–Crippen LogP) is 7.93. The third kappa shape index (κ3) is 8.94. The molecule has 0 saturated carbocycles. The molecule has 240 valence electrons. The first-order chi connectivity index (χ1) is 20.7. The summed E-state index contributed by atoms with van der Waals surface area (Å²) >= 11 is 0. The number of aryl methyl sites for hydroxylation is 2. The van der Waals surface area contributed by atoms with E-state index >= 15 is 0 Å². The van der Waals surface area contributed by atoms with Crippen molar-refractivity contribution in [1.82, 2.24) is 9.97 Å². The van der Waals surface area contributed by atoms with Crippen molar-refractivity contribution in [1.29, 1.82) is 0 Å². The number of ether oxygens (including phenoxy) is 3. The SMILES string of the molecule is Cc1ccc(OCCNc2ccc(-c3cnc(C)c([C@H](OC(C)(C)C)C(=O)OC(C)C)c3N3CCC(C)(C)CC3)nc2)cc1.[HH]. The van der Waals surface area contributed by atoms with E-state index in [-0.39, 0.29) is 12.9 Å². The van der Waals surface area contributed by atoms with Crippen molar-refractivity contribution >= 4 is 17.3 Å². The lowest BCUT2D eigenvalue weighted by atomic mass is 9.82. The lowest BCUT2D eigenvalue weighted by molar-refractivity contribution is -0.171. The van der Waals surface area contributed by atoms with E-state index in [0.29, 0.717) is 13.2 Å². The first-order valence-corrected chi connectivity index (χ1v) is 15.7. The zero-order chi connectivity index (χ0) is 32.1. The zero-order valence-electron chi connectivity index (χ0n) is 28.0. The summed E-state index contributed by atoms with van der Waals surface area (Å²) in [4.78, 5) is 25.6. The Balaban J connectivity index is 0.00000552. The van der Waals surface area contributed by atoms with Crippen LogP contribution in [0.25, 0.3) is 11.3 Å². The molecule has 2 aromatic heterocycles. The van der Waals surface area contributed by atoms with Gasteiger partial charge in [0.05, 0.1) is 35.0 Å². The summed E-state index contributed by atoms with van der Waals surface area (Å²) in [5, 5.41) is 3.39. The highest BCUT2D eigenvalue weighted by atomic mass is 16.6.